The second kappa shape index (κ2) is 12.2. The van der Waals surface area contributed by atoms with Crippen molar-refractivity contribution in [1.29, 1.82) is 0 Å². The minimum Gasteiger partial charge on any atom is -0.407 e. The summed E-state index contributed by atoms with van der Waals surface area (Å²) in [6.45, 7) is 7.82. The molecule has 0 radical (unpaired) electrons. The normalized spacial score (nSPS) is 25.1. The van der Waals surface area contributed by atoms with E-state index in [1.54, 1.807) is 13.1 Å². The number of aromatic nitrogens is 4. The number of hydrogen-bond donors (Lipinski definition) is 8. The second-order valence-corrected chi connectivity index (χ2v) is 21.0. The minimum atomic E-state index is -5.68. The highest BCUT2D eigenvalue weighted by atomic mass is 31.3. The Kier molecular flexibility index (Phi) is 10.3. The van der Waals surface area contributed by atoms with Crippen molar-refractivity contribution in [2.24, 2.45) is 0 Å². The highest BCUT2D eigenvalue weighted by Crippen LogP contribution is 2.61. The van der Waals surface area contributed by atoms with Crippen LogP contribution in [0.4, 0.5) is 5.95 Å². The van der Waals surface area contributed by atoms with Gasteiger partial charge in [-0.25, -0.2) is 23.2 Å². The van der Waals surface area contributed by atoms with Crippen molar-refractivity contribution in [2.75, 3.05) is 12.3 Å². The molecule has 9 N–H and O–H groups in total. The van der Waals surface area contributed by atoms with Crippen molar-refractivity contribution in [2.45, 2.75) is 63.4 Å². The average Bonchev–Trinajstić information content (AvgIpc) is 3.29. The van der Waals surface area contributed by atoms with Crippen LogP contribution in [-0.4, -0.2) is 82.1 Å². The molecule has 0 aromatic carbocycles. The number of fused-ring (bicyclic) bond motifs is 1. The number of nitrogen functional groups attached to an aromatic ring is 1. The third kappa shape index (κ3) is 9.41. The van der Waals surface area contributed by atoms with E-state index in [9.17, 15) is 32.8 Å². The maximum Gasteiger partial charge on any atom is 0.481 e. The van der Waals surface area contributed by atoms with Crippen LogP contribution in [-0.2, 0) is 45.1 Å². The molecule has 0 aliphatic carbocycles. The zero-order valence-electron chi connectivity index (χ0n) is 23.0. The van der Waals surface area contributed by atoms with Crippen LogP contribution in [0.3, 0.4) is 0 Å². The lowest BCUT2D eigenvalue weighted by atomic mass is 10.1. The fraction of sp³-hybridized carbons (Fsp3) is 0.688. The molecule has 2 aromatic heterocycles. The lowest BCUT2D eigenvalue weighted by molar-refractivity contribution is -0.0486. The van der Waals surface area contributed by atoms with E-state index in [2.05, 4.69) is 28.1 Å². The monoisotopic (exact) mass is 717 g/mol. The number of ether oxygens (including phenoxy) is 1. The second-order valence-electron chi connectivity index (χ2n) is 10.6. The molecule has 1 saturated heterocycles. The van der Waals surface area contributed by atoms with Gasteiger partial charge in [-0.05, 0) is 18.1 Å². The van der Waals surface area contributed by atoms with Gasteiger partial charge in [-0.15, -0.1) is 0 Å². The number of imidazole rings is 1. The predicted octanol–water partition coefficient (Wildman–Crippen LogP) is 0.811. The topological polar surface area (TPSA) is 335 Å². The quantitative estimate of drug-likeness (QED) is 0.111. The summed E-state index contributed by atoms with van der Waals surface area (Å²) in [5, 5.41) is -0.545. The Morgan fingerprint density at radius 2 is 1.58 bits per heavy atom. The minimum absolute atomic E-state index is 0.174. The first-order valence-electron chi connectivity index (χ1n) is 11.8. The third-order valence-electron chi connectivity index (χ3n) is 6.32. The van der Waals surface area contributed by atoms with E-state index in [4.69, 9.17) is 39.0 Å². The third-order valence-corrected chi connectivity index (χ3v) is 15.1. The summed E-state index contributed by atoms with van der Waals surface area (Å²) >= 11 is 0. The molecule has 2 aromatic rings. The number of phosphoric ester groups is 2. The summed E-state index contributed by atoms with van der Waals surface area (Å²) in [7, 11) is -25.3. The van der Waals surface area contributed by atoms with Gasteiger partial charge in [-0.3, -0.25) is 23.4 Å². The Hall–Kier alpha value is -1.19. The van der Waals surface area contributed by atoms with Crippen LogP contribution in [0.15, 0.2) is 11.1 Å². The zero-order chi connectivity index (χ0) is 33.0. The Balaban J connectivity index is 2.16. The molecule has 43 heavy (non-hydrogen) atoms. The molecule has 1 aliphatic rings. The molecule has 246 valence electrons. The van der Waals surface area contributed by atoms with Gasteiger partial charge in [-0.1, -0.05) is 20.8 Å². The van der Waals surface area contributed by atoms with E-state index in [1.807, 2.05) is 20.8 Å². The molecule has 22 nitrogen and oxygen atoms in total. The van der Waals surface area contributed by atoms with Crippen LogP contribution >= 0.6 is 31.3 Å². The van der Waals surface area contributed by atoms with Crippen LogP contribution in [0.1, 0.15) is 27.0 Å². The Morgan fingerprint density at radius 3 is 2.12 bits per heavy atom. The molecular weight excluding hydrogens is 686 g/mol. The van der Waals surface area contributed by atoms with Gasteiger partial charge in [0.15, 0.2) is 25.7 Å². The lowest BCUT2D eigenvalue weighted by Crippen LogP contribution is -2.49. The number of nitrogens with one attached hydrogen (secondary N) is 1. The highest BCUT2D eigenvalue weighted by molar-refractivity contribution is 7.61. The molecule has 3 rings (SSSR count). The number of nitrogens with two attached hydrogens (primary N) is 1. The summed E-state index contributed by atoms with van der Waals surface area (Å²) in [5.74, 6) is -0.336. The number of aromatic amines is 1. The molecule has 0 amide bonds. The molecule has 0 saturated carbocycles. The fourth-order valence-electron chi connectivity index (χ4n) is 3.60. The van der Waals surface area contributed by atoms with Gasteiger partial charge in [0, 0.05) is 0 Å². The van der Waals surface area contributed by atoms with Crippen molar-refractivity contribution in [3.8, 4) is 0 Å². The standard InChI is InChI=1S/C16H31N5O17P4Si/c1-16(2,3)43(4,5)36-11-10(35-42(31,32)38-40(26,27)28)8(6-33-41(29,30)37-39(23,24)25)34-14(11)21-7-18-9-12(21)19-15(17)20-13(9)22/h7-8,10-11,14H,6H2,1-5H3,(H,29,30)(H,31,32)(H2,23,24,25)(H2,26,27,28)(H3,17,19,20,22)/t8-,10?,11?,14-/m1/s1. The fourth-order valence-corrected chi connectivity index (χ4v) is 8.27. The number of H-pyrrole nitrogens is 1. The van der Waals surface area contributed by atoms with Crippen molar-refractivity contribution < 1.29 is 74.5 Å². The smallest absolute Gasteiger partial charge is 0.407 e. The van der Waals surface area contributed by atoms with Crippen molar-refractivity contribution in [1.82, 2.24) is 19.5 Å². The zero-order valence-corrected chi connectivity index (χ0v) is 27.6. The van der Waals surface area contributed by atoms with E-state index in [0.717, 1.165) is 10.9 Å². The maximum atomic E-state index is 12.7. The number of hydrogen-bond acceptors (Lipinski definition) is 14. The number of anilines is 1. The molecule has 3 heterocycles. The van der Waals surface area contributed by atoms with Crippen molar-refractivity contribution >= 4 is 56.7 Å². The molecule has 1 fully saturated rings. The summed E-state index contributed by atoms with van der Waals surface area (Å²) < 4.78 is 78.1. The van der Waals surface area contributed by atoms with Gasteiger partial charge < -0.3 is 44.3 Å². The molecule has 6 atom stereocenters. The number of rotatable bonds is 12. The molecule has 0 spiro atoms. The summed E-state index contributed by atoms with van der Waals surface area (Å²) in [6.07, 6.45) is -5.69. The summed E-state index contributed by atoms with van der Waals surface area (Å²) in [5.41, 5.74) is 4.52. The van der Waals surface area contributed by atoms with Crippen LogP contribution in [0.2, 0.25) is 18.1 Å². The van der Waals surface area contributed by atoms with Crippen LogP contribution in [0, 0.1) is 0 Å². The molecular formula is C16H31N5O17P4Si. The SMILES string of the molecule is CC(C)(C)[Si](C)(C)OC1C(OP(=O)(O)OP(=O)(O)O)[C@@H](COP(=O)(O)OP(=O)(O)O)O[C@H]1n1cnc2c(=O)[nH]c(N)nc21. The van der Waals surface area contributed by atoms with E-state index >= 15 is 0 Å². The maximum absolute atomic E-state index is 12.7. The largest absolute Gasteiger partial charge is 0.481 e. The van der Waals surface area contributed by atoms with Gasteiger partial charge in [0.05, 0.1) is 12.9 Å². The van der Waals surface area contributed by atoms with E-state index < -0.39 is 81.4 Å². The summed E-state index contributed by atoms with van der Waals surface area (Å²) in [4.78, 5) is 78.6. The van der Waals surface area contributed by atoms with Crippen LogP contribution in [0.5, 0.6) is 0 Å². The van der Waals surface area contributed by atoms with Gasteiger partial charge in [0.25, 0.3) is 5.56 Å². The van der Waals surface area contributed by atoms with E-state index in [0.29, 0.717) is 0 Å². The first kappa shape index (κ1) is 36.3. The number of nitrogens with zero attached hydrogens (tertiary/aromatic N) is 3. The van der Waals surface area contributed by atoms with Gasteiger partial charge in [-0.2, -0.15) is 13.6 Å². The predicted molar refractivity (Wildman–Crippen MR) is 145 cm³/mol. The van der Waals surface area contributed by atoms with E-state index in [-0.39, 0.29) is 17.1 Å². The Morgan fingerprint density at radius 1 is 1.02 bits per heavy atom. The number of phosphoric acid groups is 4. The average molecular weight is 717 g/mol. The summed E-state index contributed by atoms with van der Waals surface area (Å²) in [6, 6.07) is 0. The Labute approximate surface area is 243 Å². The molecule has 27 heteroatoms. The van der Waals surface area contributed by atoms with Gasteiger partial charge in [0.2, 0.25) is 5.95 Å². The van der Waals surface area contributed by atoms with E-state index in [1.165, 1.54) is 0 Å². The molecule has 1 aliphatic heterocycles. The van der Waals surface area contributed by atoms with Crippen LogP contribution in [0.25, 0.3) is 11.2 Å². The molecule has 0 bridgehead atoms. The lowest BCUT2D eigenvalue weighted by Gasteiger charge is -2.40. The van der Waals surface area contributed by atoms with Crippen molar-refractivity contribution in [3.63, 3.8) is 0 Å². The Bertz CT molecular complexity index is 1600. The highest BCUT2D eigenvalue weighted by Gasteiger charge is 2.55. The van der Waals surface area contributed by atoms with Crippen LogP contribution < -0.4 is 11.3 Å². The van der Waals surface area contributed by atoms with Crippen molar-refractivity contribution in [3.05, 3.63) is 16.7 Å². The first-order valence-corrected chi connectivity index (χ1v) is 20.7. The first-order chi connectivity index (χ1) is 19.2. The van der Waals surface area contributed by atoms with Gasteiger partial charge in [0.1, 0.15) is 18.3 Å². The molecule has 4 unspecified atom stereocenters. The van der Waals surface area contributed by atoms with Gasteiger partial charge >= 0.3 is 31.3 Å².